The van der Waals surface area contributed by atoms with Gasteiger partial charge in [0.2, 0.25) is 23.6 Å². The predicted octanol–water partition coefficient (Wildman–Crippen LogP) is 10.1. The second-order valence-electron chi connectivity index (χ2n) is 22.6. The number of anilines is 2. The maximum absolute atomic E-state index is 16.1. The molecule has 2 aromatic carbocycles. The number of halogens is 9. The summed E-state index contributed by atoms with van der Waals surface area (Å²) in [4.78, 5) is 83.0. The first-order valence-electron chi connectivity index (χ1n) is 27.4. The van der Waals surface area contributed by atoms with E-state index in [9.17, 15) is 55.1 Å². The fraction of sp³-hybridized carbons (Fsp3) is 0.571. The van der Waals surface area contributed by atoms with Crippen LogP contribution in [0.4, 0.5) is 46.5 Å². The van der Waals surface area contributed by atoms with Gasteiger partial charge in [-0.3, -0.25) is 38.1 Å². The highest BCUT2D eigenvalue weighted by Gasteiger charge is 2.54. The van der Waals surface area contributed by atoms with Crippen molar-refractivity contribution in [2.24, 2.45) is 41.4 Å². The number of nitrogens with one attached hydrogen (secondary N) is 6. The summed E-state index contributed by atoms with van der Waals surface area (Å²) >= 11 is 3.28. The van der Waals surface area contributed by atoms with Gasteiger partial charge in [-0.2, -0.15) is 36.5 Å². The molecule has 16 nitrogen and oxygen atoms in total. The fourth-order valence-corrected chi connectivity index (χ4v) is 12.1. The second-order valence-corrected chi connectivity index (χ2v) is 23.4. The molecule has 8 rings (SSSR count). The van der Waals surface area contributed by atoms with Gasteiger partial charge in [0.25, 0.3) is 11.8 Å². The second kappa shape index (κ2) is 24.6. The van der Waals surface area contributed by atoms with E-state index in [1.165, 1.54) is 55.2 Å². The van der Waals surface area contributed by atoms with Gasteiger partial charge in [-0.25, -0.2) is 8.78 Å². The Kier molecular flexibility index (Phi) is 18.4. The first kappa shape index (κ1) is 60.7. The van der Waals surface area contributed by atoms with Gasteiger partial charge in [0.15, 0.2) is 0 Å². The number of hydrogen-bond donors (Lipinski definition) is 6. The van der Waals surface area contributed by atoms with Crippen molar-refractivity contribution >= 4 is 62.7 Å². The standard InChI is InChI=1S/C56H67BrF8N10O6/c1-7-30-20-41(39(58)21-35(30)28(5)49(76)66-24-55(60,61)62)70-54(81)48(73-51(78)43-14-16-68-74(43)26(2)3)46(33-12-13-33)37-19-34(37)18-27(4)75-44(15-17-69-75)52(79)72-47(45(31-8-9-31)32-10-11-32)53(80)71-42-23-38(57)36(22-40(42)59)29(6)50(77)67-25-56(63,64)65/h14-17,20-23,26-29,31-34,37,45-48H,7-13,18-19,24-25H2,1-6H3,(H,66,76)(H,67,77)(H,70,81)(H,71,80)(H,72,79)(H,73,78)/t27?,28-,29?,34?,37?,46?,47+,48+/m1/s1. The van der Waals surface area contributed by atoms with Crippen LogP contribution < -0.4 is 31.9 Å². The highest BCUT2D eigenvalue weighted by molar-refractivity contribution is 9.10. The van der Waals surface area contributed by atoms with Crippen molar-refractivity contribution in [1.29, 1.82) is 0 Å². The molecular weight excluding hydrogens is 1140 g/mol. The maximum atomic E-state index is 16.1. The third kappa shape index (κ3) is 15.0. The largest absolute Gasteiger partial charge is 0.405 e. The Hall–Kier alpha value is -6.40. The minimum Gasteiger partial charge on any atom is -0.346 e. The number of alkyl halides is 6. The van der Waals surface area contributed by atoms with Gasteiger partial charge in [0.1, 0.15) is 48.2 Å². The molecule has 4 fully saturated rings. The summed E-state index contributed by atoms with van der Waals surface area (Å²) < 4.78 is 112. The maximum Gasteiger partial charge on any atom is 0.405 e. The van der Waals surface area contributed by atoms with Crippen molar-refractivity contribution in [3.05, 3.63) is 93.0 Å². The molecule has 6 N–H and O–H groups in total. The van der Waals surface area contributed by atoms with Gasteiger partial charge in [-0.1, -0.05) is 22.9 Å². The molecule has 4 saturated carbocycles. The van der Waals surface area contributed by atoms with E-state index in [1.807, 2.05) is 26.1 Å². The Morgan fingerprint density at radius 3 is 1.56 bits per heavy atom. The first-order chi connectivity index (χ1) is 38.1. The van der Waals surface area contributed by atoms with Crippen LogP contribution in [0, 0.1) is 53.1 Å². The molecule has 4 aliphatic rings. The van der Waals surface area contributed by atoms with Crippen molar-refractivity contribution in [3.8, 4) is 0 Å². The number of carbonyl (C=O) groups excluding carboxylic acids is 6. The van der Waals surface area contributed by atoms with Crippen molar-refractivity contribution in [2.45, 2.75) is 148 Å². The summed E-state index contributed by atoms with van der Waals surface area (Å²) in [7, 11) is 0. The highest BCUT2D eigenvalue weighted by Crippen LogP contribution is 2.57. The number of carbonyl (C=O) groups is 6. The summed E-state index contributed by atoms with van der Waals surface area (Å²) in [6.45, 7) is 6.83. The molecule has 0 saturated heterocycles. The SMILES string of the molecule is CCc1cc(NC(=O)[C@@H](NC(=O)c2ccnn2C(C)C)C(C2CC2)C2CC2CC(C)n2nccc2C(=O)N[C@H](C(=O)Nc2cc(Br)c(C(C)C(=O)NCC(F)(F)F)cc2F)C(C2CC2)C2CC2)c(F)cc1[C@@H](C)C(=O)NCC(F)(F)F. The average molecular weight is 1210 g/mol. The average Bonchev–Trinajstić information content (AvgIpc) is 4.39. The number of aryl methyl sites for hydroxylation is 1. The molecular formula is C56H67BrF8N10O6. The lowest BCUT2D eigenvalue weighted by atomic mass is 9.86. The first-order valence-corrected chi connectivity index (χ1v) is 28.2. The minimum atomic E-state index is -4.66. The Bertz CT molecular complexity index is 3000. The third-order valence-corrected chi connectivity index (χ3v) is 16.8. The van der Waals surface area contributed by atoms with Crippen molar-refractivity contribution in [3.63, 3.8) is 0 Å². The molecule has 8 atom stereocenters. The van der Waals surface area contributed by atoms with Crippen LogP contribution in [0.15, 0.2) is 53.3 Å². The lowest BCUT2D eigenvalue weighted by molar-refractivity contribution is -0.139. The number of rotatable bonds is 25. The van der Waals surface area contributed by atoms with E-state index >= 15 is 8.78 Å². The van der Waals surface area contributed by atoms with Gasteiger partial charge in [-0.15, -0.1) is 0 Å². The van der Waals surface area contributed by atoms with Crippen LogP contribution in [0.1, 0.15) is 154 Å². The molecule has 0 bridgehead atoms. The lowest BCUT2D eigenvalue weighted by Crippen LogP contribution is -2.50. The zero-order valence-corrected chi connectivity index (χ0v) is 47.1. The van der Waals surface area contributed by atoms with Crippen LogP contribution in [-0.4, -0.2) is 92.5 Å². The van der Waals surface area contributed by atoms with Crippen molar-refractivity contribution in [1.82, 2.24) is 40.8 Å². The minimum absolute atomic E-state index is 0.00470. The Morgan fingerprint density at radius 2 is 1.07 bits per heavy atom. The topological polar surface area (TPSA) is 210 Å². The van der Waals surface area contributed by atoms with Crippen molar-refractivity contribution in [2.75, 3.05) is 23.7 Å². The van der Waals surface area contributed by atoms with Gasteiger partial charge >= 0.3 is 12.4 Å². The molecule has 0 radical (unpaired) electrons. The van der Waals surface area contributed by atoms with Crippen LogP contribution >= 0.6 is 15.9 Å². The highest BCUT2D eigenvalue weighted by atomic mass is 79.9. The Balaban J connectivity index is 0.987. The Labute approximate surface area is 471 Å². The number of hydrogen-bond acceptors (Lipinski definition) is 8. The van der Waals surface area contributed by atoms with Gasteiger partial charge < -0.3 is 31.9 Å². The number of amides is 6. The molecule has 2 aromatic heterocycles. The van der Waals surface area contributed by atoms with Gasteiger partial charge in [-0.05, 0) is 187 Å². The number of nitrogens with zero attached hydrogens (tertiary/aromatic N) is 4. The molecule has 440 valence electrons. The smallest absolute Gasteiger partial charge is 0.346 e. The van der Waals surface area contributed by atoms with Crippen LogP contribution in [0.5, 0.6) is 0 Å². The summed E-state index contributed by atoms with van der Waals surface area (Å²) in [6.07, 6.45) is -0.169. The molecule has 6 amide bonds. The van der Waals surface area contributed by atoms with Crippen molar-refractivity contribution < 1.29 is 63.9 Å². The van der Waals surface area contributed by atoms with Crippen LogP contribution in [0.2, 0.25) is 0 Å². The molecule has 81 heavy (non-hydrogen) atoms. The monoisotopic (exact) mass is 1210 g/mol. The number of benzene rings is 2. The Morgan fingerprint density at radius 1 is 0.630 bits per heavy atom. The van der Waals surface area contributed by atoms with Gasteiger partial charge in [0, 0.05) is 22.9 Å². The van der Waals surface area contributed by atoms with Crippen LogP contribution in [0.3, 0.4) is 0 Å². The fourth-order valence-electron chi connectivity index (χ4n) is 11.5. The van der Waals surface area contributed by atoms with E-state index in [4.69, 9.17) is 0 Å². The molecule has 4 aliphatic carbocycles. The zero-order chi connectivity index (χ0) is 59.0. The molecule has 0 spiro atoms. The van der Waals surface area contributed by atoms with E-state index < -0.39 is 108 Å². The molecule has 5 unspecified atom stereocenters. The van der Waals surface area contributed by atoms with Crippen LogP contribution in [-0.2, 0) is 25.6 Å². The van der Waals surface area contributed by atoms with Crippen LogP contribution in [0.25, 0.3) is 0 Å². The summed E-state index contributed by atoms with van der Waals surface area (Å²) in [6, 6.07) is 4.71. The third-order valence-electron chi connectivity index (χ3n) is 16.1. The molecule has 4 aromatic rings. The molecule has 0 aliphatic heterocycles. The zero-order valence-electron chi connectivity index (χ0n) is 45.5. The van der Waals surface area contributed by atoms with E-state index in [1.54, 1.807) is 16.9 Å². The van der Waals surface area contributed by atoms with E-state index in [0.29, 0.717) is 18.4 Å². The summed E-state index contributed by atoms with van der Waals surface area (Å²) in [5, 5.41) is 23.7. The summed E-state index contributed by atoms with van der Waals surface area (Å²) in [5.41, 5.74) is 0.443. The van der Waals surface area contributed by atoms with E-state index in [0.717, 1.165) is 50.7 Å². The van der Waals surface area contributed by atoms with E-state index in [-0.39, 0.29) is 86.3 Å². The van der Waals surface area contributed by atoms with E-state index in [2.05, 4.69) is 47.4 Å². The lowest BCUT2D eigenvalue weighted by Gasteiger charge is -2.29. The predicted molar refractivity (Wildman–Crippen MR) is 286 cm³/mol. The summed E-state index contributed by atoms with van der Waals surface area (Å²) in [5.74, 6) is -9.32. The number of aromatic nitrogens is 4. The molecule has 2 heterocycles. The molecule has 25 heteroatoms. The van der Waals surface area contributed by atoms with Gasteiger partial charge in [0.05, 0.1) is 29.3 Å². The normalized spacial score (nSPS) is 19.5. The quantitative estimate of drug-likeness (QED) is 0.0351.